The van der Waals surface area contributed by atoms with Crippen molar-refractivity contribution >= 4 is 23.4 Å². The molecule has 1 saturated carbocycles. The molecule has 1 saturated heterocycles. The van der Waals surface area contributed by atoms with Gasteiger partial charge in [-0.1, -0.05) is 26.8 Å². The summed E-state index contributed by atoms with van der Waals surface area (Å²) >= 11 is 0. The zero-order valence-electron chi connectivity index (χ0n) is 16.5. The van der Waals surface area contributed by atoms with Crippen LogP contribution in [0, 0.1) is 30.1 Å². The van der Waals surface area contributed by atoms with Gasteiger partial charge in [-0.2, -0.15) is 0 Å². The standard InChI is InChI=1S/C21H28N2O3/c1-13-7-8-15(9-14(13)2)22-16(24)19(3)10-20(4)12-21(5,11-19)18(26)23(6)17(20)25/h7-9H,10-12H2,1-6H3,(H,22,24). The van der Waals surface area contributed by atoms with Gasteiger partial charge in [-0.3, -0.25) is 19.3 Å². The number of benzene rings is 1. The molecule has 2 atom stereocenters. The summed E-state index contributed by atoms with van der Waals surface area (Å²) in [6.07, 6.45) is 1.40. The first-order valence-corrected chi connectivity index (χ1v) is 9.12. The Hall–Kier alpha value is -2.17. The maximum Gasteiger partial charge on any atom is 0.234 e. The highest BCUT2D eigenvalue weighted by atomic mass is 16.2. The van der Waals surface area contributed by atoms with Gasteiger partial charge in [0.2, 0.25) is 17.7 Å². The van der Waals surface area contributed by atoms with E-state index in [1.165, 1.54) is 10.5 Å². The van der Waals surface area contributed by atoms with Crippen LogP contribution < -0.4 is 5.32 Å². The van der Waals surface area contributed by atoms with E-state index in [1.807, 2.05) is 52.8 Å². The molecule has 5 heteroatoms. The van der Waals surface area contributed by atoms with Crippen molar-refractivity contribution in [1.82, 2.24) is 4.90 Å². The molecule has 3 rings (SSSR count). The third-order valence-electron chi connectivity index (χ3n) is 6.30. The molecule has 2 aliphatic rings. The molecule has 0 aromatic heterocycles. The number of amides is 3. The summed E-state index contributed by atoms with van der Waals surface area (Å²) in [4.78, 5) is 39.9. The molecular formula is C21H28N2O3. The monoisotopic (exact) mass is 356 g/mol. The van der Waals surface area contributed by atoms with Crippen LogP contribution >= 0.6 is 0 Å². The number of fused-ring (bicyclic) bond motifs is 2. The van der Waals surface area contributed by atoms with Gasteiger partial charge in [0.05, 0.1) is 0 Å². The van der Waals surface area contributed by atoms with Gasteiger partial charge in [0, 0.05) is 29.0 Å². The van der Waals surface area contributed by atoms with E-state index in [-0.39, 0.29) is 17.7 Å². The first-order valence-electron chi connectivity index (χ1n) is 9.12. The molecule has 140 valence electrons. The minimum absolute atomic E-state index is 0.122. The van der Waals surface area contributed by atoms with Crippen molar-refractivity contribution in [3.8, 4) is 0 Å². The topological polar surface area (TPSA) is 66.5 Å². The lowest BCUT2D eigenvalue weighted by Crippen LogP contribution is -2.63. The SMILES string of the molecule is Cc1ccc(NC(=O)C2(C)CC3(C)CC(C)(C2)C(=O)N(C)C3=O)cc1C. The highest BCUT2D eigenvalue weighted by Gasteiger charge is 2.62. The number of piperidine rings is 1. The molecule has 1 aliphatic heterocycles. The Kier molecular flexibility index (Phi) is 4.05. The molecule has 1 N–H and O–H groups in total. The molecule has 1 aliphatic carbocycles. The molecule has 2 unspecified atom stereocenters. The van der Waals surface area contributed by atoms with E-state index in [9.17, 15) is 14.4 Å². The molecule has 2 bridgehead atoms. The molecule has 1 aromatic carbocycles. The summed E-state index contributed by atoms with van der Waals surface area (Å²) in [6.45, 7) is 9.69. The minimum Gasteiger partial charge on any atom is -0.326 e. The second-order valence-corrected chi connectivity index (χ2v) is 9.13. The maximum atomic E-state index is 13.1. The van der Waals surface area contributed by atoms with Gasteiger partial charge in [0.1, 0.15) is 0 Å². The van der Waals surface area contributed by atoms with Crippen LogP contribution in [0.2, 0.25) is 0 Å². The van der Waals surface area contributed by atoms with Gasteiger partial charge in [0.25, 0.3) is 0 Å². The van der Waals surface area contributed by atoms with Crippen molar-refractivity contribution in [3.63, 3.8) is 0 Å². The number of aryl methyl sites for hydroxylation is 2. The van der Waals surface area contributed by atoms with Gasteiger partial charge in [-0.05, 0) is 56.4 Å². The third kappa shape index (κ3) is 2.74. The highest BCUT2D eigenvalue weighted by Crippen LogP contribution is 2.58. The second kappa shape index (κ2) is 5.66. The lowest BCUT2D eigenvalue weighted by molar-refractivity contribution is -0.177. The number of anilines is 1. The van der Waals surface area contributed by atoms with Crippen LogP contribution in [-0.4, -0.2) is 29.7 Å². The zero-order chi connectivity index (χ0) is 19.5. The molecule has 26 heavy (non-hydrogen) atoms. The smallest absolute Gasteiger partial charge is 0.234 e. The molecule has 1 aromatic rings. The van der Waals surface area contributed by atoms with Crippen molar-refractivity contribution in [2.75, 3.05) is 12.4 Å². The van der Waals surface area contributed by atoms with Crippen LogP contribution in [0.4, 0.5) is 5.69 Å². The van der Waals surface area contributed by atoms with Gasteiger partial charge >= 0.3 is 0 Å². The Labute approximate surface area is 155 Å². The van der Waals surface area contributed by atoms with E-state index in [0.717, 1.165) is 11.3 Å². The Morgan fingerprint density at radius 2 is 1.50 bits per heavy atom. The van der Waals surface area contributed by atoms with Crippen LogP contribution in [0.15, 0.2) is 18.2 Å². The van der Waals surface area contributed by atoms with Gasteiger partial charge in [-0.25, -0.2) is 0 Å². The number of hydrogen-bond acceptors (Lipinski definition) is 3. The maximum absolute atomic E-state index is 13.1. The Morgan fingerprint density at radius 1 is 0.962 bits per heavy atom. The Bertz CT molecular complexity index is 785. The van der Waals surface area contributed by atoms with Gasteiger partial charge in [0.15, 0.2) is 0 Å². The Morgan fingerprint density at radius 3 is 2.00 bits per heavy atom. The van der Waals surface area contributed by atoms with E-state index in [2.05, 4.69) is 5.32 Å². The van der Waals surface area contributed by atoms with Crippen molar-refractivity contribution in [3.05, 3.63) is 29.3 Å². The Balaban J connectivity index is 1.92. The van der Waals surface area contributed by atoms with E-state index in [4.69, 9.17) is 0 Å². The van der Waals surface area contributed by atoms with E-state index < -0.39 is 16.2 Å². The molecule has 1 heterocycles. The van der Waals surface area contributed by atoms with Crippen molar-refractivity contribution in [2.45, 2.75) is 53.9 Å². The van der Waals surface area contributed by atoms with Crippen LogP contribution in [-0.2, 0) is 14.4 Å². The number of nitrogens with one attached hydrogen (secondary N) is 1. The van der Waals surface area contributed by atoms with Crippen LogP contribution in [0.3, 0.4) is 0 Å². The van der Waals surface area contributed by atoms with E-state index in [0.29, 0.717) is 19.3 Å². The zero-order valence-corrected chi connectivity index (χ0v) is 16.5. The predicted octanol–water partition coefficient (Wildman–Crippen LogP) is 3.44. The van der Waals surface area contributed by atoms with Crippen molar-refractivity contribution in [2.24, 2.45) is 16.2 Å². The quantitative estimate of drug-likeness (QED) is 0.826. The summed E-state index contributed by atoms with van der Waals surface area (Å²) < 4.78 is 0. The first-order chi connectivity index (χ1) is 11.9. The van der Waals surface area contributed by atoms with E-state index >= 15 is 0 Å². The normalized spacial score (nSPS) is 34.0. The molecule has 0 radical (unpaired) electrons. The second-order valence-electron chi connectivity index (χ2n) is 9.13. The molecule has 5 nitrogen and oxygen atoms in total. The molecule has 2 fully saturated rings. The molecular weight excluding hydrogens is 328 g/mol. The lowest BCUT2D eigenvalue weighted by Gasteiger charge is -2.55. The molecule has 0 spiro atoms. The fourth-order valence-electron chi connectivity index (χ4n) is 5.24. The predicted molar refractivity (Wildman–Crippen MR) is 100 cm³/mol. The van der Waals surface area contributed by atoms with Crippen LogP contribution in [0.25, 0.3) is 0 Å². The number of likely N-dealkylation sites (tertiary alicyclic amines) is 1. The number of imide groups is 1. The molecule has 3 amide bonds. The summed E-state index contributed by atoms with van der Waals surface area (Å²) in [5, 5.41) is 3.01. The summed E-state index contributed by atoms with van der Waals surface area (Å²) in [7, 11) is 1.55. The van der Waals surface area contributed by atoms with Gasteiger partial charge in [-0.15, -0.1) is 0 Å². The van der Waals surface area contributed by atoms with Crippen LogP contribution in [0.1, 0.15) is 51.2 Å². The average molecular weight is 356 g/mol. The summed E-state index contributed by atoms with van der Waals surface area (Å²) in [5.74, 6) is -0.474. The summed E-state index contributed by atoms with van der Waals surface area (Å²) in [5.41, 5.74) is 0.878. The fourth-order valence-corrected chi connectivity index (χ4v) is 5.24. The summed E-state index contributed by atoms with van der Waals surface area (Å²) in [6, 6.07) is 5.82. The number of hydrogen-bond donors (Lipinski definition) is 1. The number of rotatable bonds is 2. The van der Waals surface area contributed by atoms with Crippen LogP contribution in [0.5, 0.6) is 0 Å². The number of carbonyl (C=O) groups excluding carboxylic acids is 3. The minimum atomic E-state index is -0.771. The first kappa shape index (κ1) is 18.6. The third-order valence-corrected chi connectivity index (χ3v) is 6.30. The van der Waals surface area contributed by atoms with Crippen molar-refractivity contribution < 1.29 is 14.4 Å². The number of carbonyl (C=O) groups is 3. The number of nitrogens with zero attached hydrogens (tertiary/aromatic N) is 1. The largest absolute Gasteiger partial charge is 0.326 e. The lowest BCUT2D eigenvalue weighted by atomic mass is 9.51. The van der Waals surface area contributed by atoms with Crippen molar-refractivity contribution in [1.29, 1.82) is 0 Å². The van der Waals surface area contributed by atoms with Gasteiger partial charge < -0.3 is 5.32 Å². The fraction of sp³-hybridized carbons (Fsp3) is 0.571. The average Bonchev–Trinajstić information content (AvgIpc) is 2.54. The highest BCUT2D eigenvalue weighted by molar-refractivity contribution is 6.05. The van der Waals surface area contributed by atoms with E-state index in [1.54, 1.807) is 7.05 Å².